The molecule has 20 heavy (non-hydrogen) atoms. The van der Waals surface area contributed by atoms with Crippen molar-refractivity contribution >= 4 is 33.4 Å². The van der Waals surface area contributed by atoms with E-state index in [9.17, 15) is 8.42 Å². The van der Waals surface area contributed by atoms with Gasteiger partial charge in [0.15, 0.2) is 0 Å². The van der Waals surface area contributed by atoms with E-state index in [1.807, 2.05) is 12.1 Å². The smallest absolute Gasteiger partial charge is 0.208 e. The molecule has 0 amide bonds. The zero-order valence-electron chi connectivity index (χ0n) is 11.4. The quantitative estimate of drug-likeness (QED) is 0.784. The first kappa shape index (κ1) is 16.1. The molecule has 112 valence electrons. The van der Waals surface area contributed by atoms with E-state index >= 15 is 0 Å². The standard InChI is InChI=1S/C13H19ClN2O2S2/c1-20(17,18)16-8-3-7-15-12-6-9-19-13-10(12)4-2-5-11(13)14/h2,4-5,12,15-16H,3,6-9H2,1H3. The number of hydrogen-bond donors (Lipinski definition) is 2. The molecular weight excluding hydrogens is 316 g/mol. The predicted octanol–water partition coefficient (Wildman–Crippen LogP) is 2.41. The van der Waals surface area contributed by atoms with Crippen LogP contribution in [0.4, 0.5) is 0 Å². The molecule has 4 nitrogen and oxygen atoms in total. The number of sulfonamides is 1. The third-order valence-electron chi connectivity index (χ3n) is 3.13. The molecule has 0 fully saturated rings. The summed E-state index contributed by atoms with van der Waals surface area (Å²) in [6, 6.07) is 6.32. The van der Waals surface area contributed by atoms with E-state index in [1.54, 1.807) is 11.8 Å². The van der Waals surface area contributed by atoms with Gasteiger partial charge in [-0.3, -0.25) is 0 Å². The van der Waals surface area contributed by atoms with Crippen LogP contribution in [0.5, 0.6) is 0 Å². The Kier molecular flexibility index (Phi) is 5.74. The second-order valence-electron chi connectivity index (χ2n) is 4.82. The van der Waals surface area contributed by atoms with Gasteiger partial charge >= 0.3 is 0 Å². The van der Waals surface area contributed by atoms with Gasteiger partial charge in [-0.1, -0.05) is 23.7 Å². The highest BCUT2D eigenvalue weighted by molar-refractivity contribution is 7.99. The summed E-state index contributed by atoms with van der Waals surface area (Å²) in [5.74, 6) is 1.05. The molecule has 1 atom stereocenters. The number of rotatable bonds is 6. The molecule has 1 unspecified atom stereocenters. The number of thioether (sulfide) groups is 1. The normalized spacial score (nSPS) is 18.8. The summed E-state index contributed by atoms with van der Waals surface area (Å²) in [6.07, 6.45) is 3.02. The lowest BCUT2D eigenvalue weighted by molar-refractivity contribution is 0.500. The van der Waals surface area contributed by atoms with Gasteiger partial charge in [-0.2, -0.15) is 0 Å². The molecule has 0 saturated heterocycles. The summed E-state index contributed by atoms with van der Waals surface area (Å²) >= 11 is 8.02. The molecule has 0 radical (unpaired) electrons. The van der Waals surface area contributed by atoms with Crippen molar-refractivity contribution in [3.63, 3.8) is 0 Å². The van der Waals surface area contributed by atoms with Gasteiger partial charge in [0.1, 0.15) is 0 Å². The van der Waals surface area contributed by atoms with Crippen molar-refractivity contribution < 1.29 is 8.42 Å². The third-order valence-corrected chi connectivity index (χ3v) is 5.47. The maximum absolute atomic E-state index is 10.9. The molecule has 7 heteroatoms. The summed E-state index contributed by atoms with van der Waals surface area (Å²) in [5, 5.41) is 4.30. The minimum atomic E-state index is -3.08. The molecule has 0 bridgehead atoms. The molecule has 0 aliphatic carbocycles. The number of hydrogen-bond acceptors (Lipinski definition) is 4. The van der Waals surface area contributed by atoms with Crippen molar-refractivity contribution in [2.75, 3.05) is 25.1 Å². The van der Waals surface area contributed by atoms with E-state index in [0.29, 0.717) is 12.6 Å². The van der Waals surface area contributed by atoms with E-state index in [-0.39, 0.29) is 0 Å². The molecule has 1 heterocycles. The SMILES string of the molecule is CS(=O)(=O)NCCCNC1CCSc2c(Cl)cccc21. The van der Waals surface area contributed by atoms with Crippen LogP contribution >= 0.6 is 23.4 Å². The van der Waals surface area contributed by atoms with Crippen molar-refractivity contribution in [3.8, 4) is 0 Å². The number of nitrogens with one attached hydrogen (secondary N) is 2. The minimum absolute atomic E-state index is 0.309. The lowest BCUT2D eigenvalue weighted by Gasteiger charge is -2.26. The number of benzene rings is 1. The minimum Gasteiger partial charge on any atom is -0.310 e. The van der Waals surface area contributed by atoms with Gasteiger partial charge in [-0.25, -0.2) is 13.1 Å². The molecule has 1 aromatic rings. The van der Waals surface area contributed by atoms with Crippen molar-refractivity contribution in [2.45, 2.75) is 23.8 Å². The summed E-state index contributed by atoms with van der Waals surface area (Å²) in [5.41, 5.74) is 1.25. The Morgan fingerprint density at radius 1 is 1.40 bits per heavy atom. The van der Waals surface area contributed by atoms with Crippen LogP contribution in [0.2, 0.25) is 5.02 Å². The Hall–Kier alpha value is -0.270. The van der Waals surface area contributed by atoms with Gasteiger partial charge in [0, 0.05) is 17.5 Å². The topological polar surface area (TPSA) is 58.2 Å². The highest BCUT2D eigenvalue weighted by atomic mass is 35.5. The number of fused-ring (bicyclic) bond motifs is 1. The first-order valence-electron chi connectivity index (χ1n) is 6.56. The van der Waals surface area contributed by atoms with Crippen molar-refractivity contribution in [1.82, 2.24) is 10.0 Å². The van der Waals surface area contributed by atoms with Gasteiger partial charge in [-0.15, -0.1) is 11.8 Å². The fourth-order valence-corrected chi connectivity index (χ4v) is 4.22. The van der Waals surface area contributed by atoms with Gasteiger partial charge in [-0.05, 0) is 36.8 Å². The Morgan fingerprint density at radius 3 is 2.95 bits per heavy atom. The second kappa shape index (κ2) is 7.13. The first-order valence-corrected chi connectivity index (χ1v) is 9.82. The average Bonchev–Trinajstić information content (AvgIpc) is 2.38. The van der Waals surface area contributed by atoms with E-state index in [4.69, 9.17) is 11.6 Å². The fourth-order valence-electron chi connectivity index (χ4n) is 2.22. The van der Waals surface area contributed by atoms with Gasteiger partial charge in [0.2, 0.25) is 10.0 Å². The molecule has 1 aliphatic heterocycles. The third kappa shape index (κ3) is 4.63. The lowest BCUT2D eigenvalue weighted by Crippen LogP contribution is -2.29. The van der Waals surface area contributed by atoms with Crippen molar-refractivity contribution in [3.05, 3.63) is 28.8 Å². The summed E-state index contributed by atoms with van der Waals surface area (Å²) in [6.45, 7) is 1.25. The molecule has 1 aromatic carbocycles. The van der Waals surface area contributed by atoms with E-state index in [0.717, 1.165) is 30.2 Å². The van der Waals surface area contributed by atoms with E-state index in [2.05, 4.69) is 16.1 Å². The average molecular weight is 335 g/mol. The molecule has 0 spiro atoms. The fraction of sp³-hybridized carbons (Fsp3) is 0.538. The van der Waals surface area contributed by atoms with Crippen molar-refractivity contribution in [2.24, 2.45) is 0 Å². The first-order chi connectivity index (χ1) is 9.47. The van der Waals surface area contributed by atoms with Crippen LogP contribution in [0.3, 0.4) is 0 Å². The van der Waals surface area contributed by atoms with Crippen LogP contribution < -0.4 is 10.0 Å². The van der Waals surface area contributed by atoms with Gasteiger partial charge in [0.05, 0.1) is 11.3 Å². The molecule has 1 aliphatic rings. The maximum Gasteiger partial charge on any atom is 0.208 e. The Labute approximate surface area is 129 Å². The summed E-state index contributed by atoms with van der Waals surface area (Å²) in [7, 11) is -3.08. The van der Waals surface area contributed by atoms with Crippen LogP contribution in [-0.4, -0.2) is 33.5 Å². The van der Waals surface area contributed by atoms with Crippen LogP contribution in [0.15, 0.2) is 23.1 Å². The zero-order chi connectivity index (χ0) is 14.6. The summed E-state index contributed by atoms with van der Waals surface area (Å²) < 4.78 is 24.4. The summed E-state index contributed by atoms with van der Waals surface area (Å²) in [4.78, 5) is 1.17. The molecule has 0 aromatic heterocycles. The Bertz CT molecular complexity index is 563. The highest BCUT2D eigenvalue weighted by Crippen LogP contribution is 2.40. The Balaban J connectivity index is 1.85. The Morgan fingerprint density at radius 2 is 2.20 bits per heavy atom. The van der Waals surface area contributed by atoms with E-state index < -0.39 is 10.0 Å². The highest BCUT2D eigenvalue weighted by Gasteiger charge is 2.21. The predicted molar refractivity (Wildman–Crippen MR) is 85.0 cm³/mol. The van der Waals surface area contributed by atoms with Crippen LogP contribution in [-0.2, 0) is 10.0 Å². The van der Waals surface area contributed by atoms with Gasteiger partial charge < -0.3 is 5.32 Å². The van der Waals surface area contributed by atoms with Crippen LogP contribution in [0.25, 0.3) is 0 Å². The monoisotopic (exact) mass is 334 g/mol. The van der Waals surface area contributed by atoms with Gasteiger partial charge in [0.25, 0.3) is 0 Å². The lowest BCUT2D eigenvalue weighted by atomic mass is 10.0. The largest absolute Gasteiger partial charge is 0.310 e. The molecule has 2 rings (SSSR count). The molecular formula is C13H19ClN2O2S2. The van der Waals surface area contributed by atoms with Crippen LogP contribution in [0.1, 0.15) is 24.4 Å². The molecule has 0 saturated carbocycles. The van der Waals surface area contributed by atoms with E-state index in [1.165, 1.54) is 16.7 Å². The molecule has 2 N–H and O–H groups in total. The second-order valence-corrected chi connectivity index (χ2v) is 8.17. The zero-order valence-corrected chi connectivity index (χ0v) is 13.7. The van der Waals surface area contributed by atoms with Crippen molar-refractivity contribution in [1.29, 1.82) is 0 Å². The van der Waals surface area contributed by atoms with Crippen LogP contribution in [0, 0.1) is 0 Å². The maximum atomic E-state index is 10.9. The number of halogens is 1.